The van der Waals surface area contributed by atoms with Gasteiger partial charge in [0, 0.05) is 31.0 Å². The van der Waals surface area contributed by atoms with Crippen molar-refractivity contribution in [2.45, 2.75) is 32.4 Å². The van der Waals surface area contributed by atoms with Crippen molar-refractivity contribution in [3.63, 3.8) is 0 Å². The molecule has 0 saturated carbocycles. The first-order chi connectivity index (χ1) is 6.61. The van der Waals surface area contributed by atoms with E-state index in [0.717, 1.165) is 24.4 Å². The first kappa shape index (κ1) is 9.68. The molecule has 1 saturated heterocycles. The van der Waals surface area contributed by atoms with Crippen LogP contribution in [0.2, 0.25) is 0 Å². The number of nitrogens with zero attached hydrogens (tertiary/aromatic N) is 2. The summed E-state index contributed by atoms with van der Waals surface area (Å²) in [6, 6.07) is 0.122. The number of rotatable bonds is 1. The molecule has 4 heteroatoms. The number of nitrogens with two attached hydrogens (primary N) is 1. The summed E-state index contributed by atoms with van der Waals surface area (Å²) in [7, 11) is 1.95. The maximum absolute atomic E-state index is 6.00. The van der Waals surface area contributed by atoms with Crippen molar-refractivity contribution in [2.75, 3.05) is 6.61 Å². The number of aromatic nitrogens is 2. The molecule has 0 amide bonds. The zero-order valence-electron chi connectivity index (χ0n) is 8.95. The summed E-state index contributed by atoms with van der Waals surface area (Å²) in [6.45, 7) is 4.83. The second-order valence-electron chi connectivity index (χ2n) is 3.95. The maximum Gasteiger partial charge on any atom is 0.101 e. The van der Waals surface area contributed by atoms with Gasteiger partial charge in [0.1, 0.15) is 6.10 Å². The highest BCUT2D eigenvalue weighted by molar-refractivity contribution is 5.28. The molecular formula is C10H17N3O. The van der Waals surface area contributed by atoms with Crippen LogP contribution in [0.1, 0.15) is 29.5 Å². The highest BCUT2D eigenvalue weighted by Gasteiger charge is 2.30. The molecule has 0 aliphatic carbocycles. The molecule has 78 valence electrons. The summed E-state index contributed by atoms with van der Waals surface area (Å²) >= 11 is 0. The predicted octanol–water partition coefficient (Wildman–Crippen LogP) is 0.826. The van der Waals surface area contributed by atoms with E-state index in [1.165, 1.54) is 5.56 Å². The zero-order valence-corrected chi connectivity index (χ0v) is 8.95. The number of hydrogen-bond donors (Lipinski definition) is 1. The lowest BCUT2D eigenvalue weighted by atomic mass is 10.0. The van der Waals surface area contributed by atoms with Crippen LogP contribution in [0.15, 0.2) is 0 Å². The third-order valence-electron chi connectivity index (χ3n) is 2.99. The first-order valence-corrected chi connectivity index (χ1v) is 4.98. The molecule has 2 rings (SSSR count). The van der Waals surface area contributed by atoms with Crippen molar-refractivity contribution in [3.05, 3.63) is 17.0 Å². The Balaban J connectivity index is 2.39. The van der Waals surface area contributed by atoms with E-state index in [9.17, 15) is 0 Å². The third-order valence-corrected chi connectivity index (χ3v) is 2.99. The summed E-state index contributed by atoms with van der Waals surface area (Å²) < 4.78 is 7.54. The Morgan fingerprint density at radius 3 is 2.64 bits per heavy atom. The molecule has 2 N–H and O–H groups in total. The standard InChI is InChI=1S/C10H17N3O/c1-6-9(7(2)13(3)12-6)10-8(11)4-5-14-10/h8,10H,4-5,11H2,1-3H3/t8-,10+/m0/s1. The van der Waals surface area contributed by atoms with Crippen LogP contribution in [0.4, 0.5) is 0 Å². The Bertz CT molecular complexity index is 345. The highest BCUT2D eigenvalue weighted by Crippen LogP contribution is 2.31. The molecule has 0 radical (unpaired) electrons. The summed E-state index contributed by atoms with van der Waals surface area (Å²) in [5, 5.41) is 4.37. The second kappa shape index (κ2) is 3.37. The molecule has 1 aliphatic heterocycles. The van der Waals surface area contributed by atoms with Crippen LogP contribution in [0.3, 0.4) is 0 Å². The van der Waals surface area contributed by atoms with E-state index in [0.29, 0.717) is 0 Å². The molecule has 1 aromatic heterocycles. The minimum Gasteiger partial charge on any atom is -0.372 e. The second-order valence-corrected chi connectivity index (χ2v) is 3.95. The van der Waals surface area contributed by atoms with Gasteiger partial charge in [-0.15, -0.1) is 0 Å². The fraction of sp³-hybridized carbons (Fsp3) is 0.700. The van der Waals surface area contributed by atoms with E-state index in [1.807, 2.05) is 18.7 Å². The quantitative estimate of drug-likeness (QED) is 0.722. The van der Waals surface area contributed by atoms with Gasteiger partial charge < -0.3 is 10.5 Å². The topological polar surface area (TPSA) is 53.1 Å². The first-order valence-electron chi connectivity index (χ1n) is 4.98. The van der Waals surface area contributed by atoms with Crippen molar-refractivity contribution in [1.29, 1.82) is 0 Å². The number of aryl methyl sites for hydroxylation is 2. The minimum atomic E-state index is 0.0451. The Hall–Kier alpha value is -0.870. The number of hydrogen-bond acceptors (Lipinski definition) is 3. The van der Waals surface area contributed by atoms with Crippen LogP contribution in [0.25, 0.3) is 0 Å². The van der Waals surface area contributed by atoms with E-state index in [1.54, 1.807) is 0 Å². The van der Waals surface area contributed by atoms with Crippen LogP contribution in [0, 0.1) is 13.8 Å². The fourth-order valence-corrected chi connectivity index (χ4v) is 2.11. The minimum absolute atomic E-state index is 0.0451. The van der Waals surface area contributed by atoms with Crippen molar-refractivity contribution in [2.24, 2.45) is 12.8 Å². The van der Waals surface area contributed by atoms with Gasteiger partial charge in [-0.25, -0.2) is 0 Å². The van der Waals surface area contributed by atoms with E-state index < -0.39 is 0 Å². The third kappa shape index (κ3) is 1.35. The van der Waals surface area contributed by atoms with Gasteiger partial charge in [0.2, 0.25) is 0 Å². The van der Waals surface area contributed by atoms with E-state index >= 15 is 0 Å². The van der Waals surface area contributed by atoms with Crippen LogP contribution < -0.4 is 5.73 Å². The van der Waals surface area contributed by atoms with E-state index in [2.05, 4.69) is 12.0 Å². The molecule has 14 heavy (non-hydrogen) atoms. The summed E-state index contributed by atoms with van der Waals surface area (Å²) in [4.78, 5) is 0. The van der Waals surface area contributed by atoms with Gasteiger partial charge >= 0.3 is 0 Å². The lowest BCUT2D eigenvalue weighted by Crippen LogP contribution is -2.24. The molecule has 0 spiro atoms. The van der Waals surface area contributed by atoms with Crippen molar-refractivity contribution in [1.82, 2.24) is 9.78 Å². The smallest absolute Gasteiger partial charge is 0.101 e. The van der Waals surface area contributed by atoms with Crippen LogP contribution in [-0.2, 0) is 11.8 Å². The molecule has 0 aromatic carbocycles. The Morgan fingerprint density at radius 2 is 2.21 bits per heavy atom. The fourth-order valence-electron chi connectivity index (χ4n) is 2.11. The molecule has 1 aromatic rings. The van der Waals surface area contributed by atoms with Gasteiger partial charge in [-0.3, -0.25) is 4.68 Å². The summed E-state index contributed by atoms with van der Waals surface area (Å²) in [5.74, 6) is 0. The average Bonchev–Trinajstić information content (AvgIpc) is 2.60. The lowest BCUT2D eigenvalue weighted by molar-refractivity contribution is 0.104. The largest absolute Gasteiger partial charge is 0.372 e. The SMILES string of the molecule is Cc1nn(C)c(C)c1[C@@H]1OCC[C@@H]1N. The van der Waals surface area contributed by atoms with Crippen LogP contribution in [-0.4, -0.2) is 22.4 Å². The Kier molecular flexibility index (Phi) is 2.33. The molecule has 0 bridgehead atoms. The molecule has 4 nitrogen and oxygen atoms in total. The maximum atomic E-state index is 6.00. The summed E-state index contributed by atoms with van der Waals surface area (Å²) in [6.07, 6.45) is 0.988. The zero-order chi connectivity index (χ0) is 10.3. The monoisotopic (exact) mass is 195 g/mol. The highest BCUT2D eigenvalue weighted by atomic mass is 16.5. The predicted molar refractivity (Wildman–Crippen MR) is 54.0 cm³/mol. The van der Waals surface area contributed by atoms with Crippen molar-refractivity contribution in [3.8, 4) is 0 Å². The summed E-state index contributed by atoms with van der Waals surface area (Å²) in [5.41, 5.74) is 9.37. The van der Waals surface area contributed by atoms with Gasteiger partial charge in [0.05, 0.1) is 5.69 Å². The molecule has 1 fully saturated rings. The van der Waals surface area contributed by atoms with Crippen molar-refractivity contribution < 1.29 is 4.74 Å². The normalized spacial score (nSPS) is 27.1. The van der Waals surface area contributed by atoms with Gasteiger partial charge in [0.25, 0.3) is 0 Å². The van der Waals surface area contributed by atoms with Crippen molar-refractivity contribution >= 4 is 0 Å². The molecule has 2 heterocycles. The molecule has 2 atom stereocenters. The molecular weight excluding hydrogens is 178 g/mol. The van der Waals surface area contributed by atoms with E-state index in [4.69, 9.17) is 10.5 Å². The Morgan fingerprint density at radius 1 is 1.50 bits per heavy atom. The van der Waals surface area contributed by atoms with Gasteiger partial charge in [-0.2, -0.15) is 5.10 Å². The van der Waals surface area contributed by atoms with Gasteiger partial charge in [-0.1, -0.05) is 0 Å². The van der Waals surface area contributed by atoms with Gasteiger partial charge in [-0.05, 0) is 20.3 Å². The Labute approximate surface area is 84.0 Å². The van der Waals surface area contributed by atoms with Crippen LogP contribution >= 0.6 is 0 Å². The van der Waals surface area contributed by atoms with Crippen LogP contribution in [0.5, 0.6) is 0 Å². The molecule has 1 aliphatic rings. The number of ether oxygens (including phenoxy) is 1. The van der Waals surface area contributed by atoms with E-state index in [-0.39, 0.29) is 12.1 Å². The van der Waals surface area contributed by atoms with Gasteiger partial charge in [0.15, 0.2) is 0 Å². The lowest BCUT2D eigenvalue weighted by Gasteiger charge is -2.15. The molecule has 0 unspecified atom stereocenters. The average molecular weight is 195 g/mol.